The maximum absolute atomic E-state index is 12.7. The molecule has 3 rings (SSSR count). The van der Waals surface area contributed by atoms with Crippen LogP contribution in [0.4, 0.5) is 5.69 Å². The van der Waals surface area contributed by atoms with Crippen LogP contribution in [-0.2, 0) is 14.8 Å². The fourth-order valence-electron chi connectivity index (χ4n) is 4.02. The smallest absolute Gasteiger partial charge is 0.282 e. The summed E-state index contributed by atoms with van der Waals surface area (Å²) in [5.74, 6) is -0.00135. The summed E-state index contributed by atoms with van der Waals surface area (Å²) in [7, 11) is -3.43. The standard InChI is InChI=1S/C20H31N3O3S/c1-17(22-13-5-2-3-6-14-22)20(24)21-18-9-11-19(12-10-18)27(25,26)23-15-7-4-8-16-23/h9-12,17H,2-8,13-16H2,1H3,(H,21,24)/p+1/t17-/m0/s1. The average Bonchev–Trinajstić information content (AvgIpc) is 2.98. The van der Waals surface area contributed by atoms with Crippen LogP contribution in [0.1, 0.15) is 51.9 Å². The summed E-state index contributed by atoms with van der Waals surface area (Å²) < 4.78 is 27.0. The van der Waals surface area contributed by atoms with Gasteiger partial charge in [0.05, 0.1) is 18.0 Å². The van der Waals surface area contributed by atoms with E-state index < -0.39 is 10.0 Å². The Kier molecular flexibility index (Phi) is 6.89. The van der Waals surface area contributed by atoms with E-state index in [0.717, 1.165) is 32.4 Å². The van der Waals surface area contributed by atoms with Crippen molar-refractivity contribution in [2.24, 2.45) is 0 Å². The van der Waals surface area contributed by atoms with E-state index in [1.165, 1.54) is 30.6 Å². The first-order chi connectivity index (χ1) is 13.0. The van der Waals surface area contributed by atoms with Crippen LogP contribution in [0.5, 0.6) is 0 Å². The van der Waals surface area contributed by atoms with Gasteiger partial charge >= 0.3 is 0 Å². The Balaban J connectivity index is 1.62. The molecule has 1 atom stereocenters. The van der Waals surface area contributed by atoms with E-state index in [0.29, 0.717) is 23.7 Å². The van der Waals surface area contributed by atoms with E-state index in [-0.39, 0.29) is 11.9 Å². The normalized spacial score (nSPS) is 21.4. The lowest BCUT2D eigenvalue weighted by Crippen LogP contribution is -3.16. The van der Waals surface area contributed by atoms with E-state index in [9.17, 15) is 13.2 Å². The quantitative estimate of drug-likeness (QED) is 0.798. The molecule has 0 aliphatic carbocycles. The number of carbonyl (C=O) groups excluding carboxylic acids is 1. The average molecular weight is 395 g/mol. The first-order valence-corrected chi connectivity index (χ1v) is 11.7. The van der Waals surface area contributed by atoms with Gasteiger partial charge in [0.1, 0.15) is 0 Å². The number of amides is 1. The van der Waals surface area contributed by atoms with Crippen molar-refractivity contribution in [3.8, 4) is 0 Å². The van der Waals surface area contributed by atoms with Gasteiger partial charge in [-0.15, -0.1) is 0 Å². The number of hydrogen-bond acceptors (Lipinski definition) is 3. The molecule has 27 heavy (non-hydrogen) atoms. The second-order valence-electron chi connectivity index (χ2n) is 7.77. The zero-order valence-corrected chi connectivity index (χ0v) is 17.1. The van der Waals surface area contributed by atoms with Gasteiger partial charge in [-0.2, -0.15) is 4.31 Å². The molecule has 2 N–H and O–H groups in total. The SMILES string of the molecule is C[C@@H](C(=O)Nc1ccc(S(=O)(=O)N2CCCCC2)cc1)[NH+]1CCCCCC1. The minimum atomic E-state index is -3.43. The molecule has 0 radical (unpaired) electrons. The number of carbonyl (C=O) groups is 1. The van der Waals surface area contributed by atoms with Gasteiger partial charge in [0.25, 0.3) is 5.91 Å². The van der Waals surface area contributed by atoms with Gasteiger partial charge in [0.15, 0.2) is 6.04 Å². The molecule has 2 fully saturated rings. The Morgan fingerprint density at radius 2 is 1.52 bits per heavy atom. The highest BCUT2D eigenvalue weighted by molar-refractivity contribution is 7.89. The fraction of sp³-hybridized carbons (Fsp3) is 0.650. The van der Waals surface area contributed by atoms with Gasteiger partial charge in [-0.3, -0.25) is 4.79 Å². The molecule has 0 bridgehead atoms. The number of sulfonamides is 1. The lowest BCUT2D eigenvalue weighted by Gasteiger charge is -2.26. The van der Waals surface area contributed by atoms with E-state index in [2.05, 4.69) is 5.32 Å². The second kappa shape index (κ2) is 9.17. The van der Waals surface area contributed by atoms with Crippen LogP contribution in [-0.4, -0.2) is 50.9 Å². The molecule has 0 aromatic heterocycles. The van der Waals surface area contributed by atoms with E-state index in [1.807, 2.05) is 6.92 Å². The zero-order valence-electron chi connectivity index (χ0n) is 16.2. The number of benzene rings is 1. The van der Waals surface area contributed by atoms with Crippen molar-refractivity contribution in [2.75, 3.05) is 31.5 Å². The first-order valence-electron chi connectivity index (χ1n) is 10.2. The third-order valence-corrected chi connectivity index (χ3v) is 7.74. The largest absolute Gasteiger partial charge is 0.325 e. The summed E-state index contributed by atoms with van der Waals surface area (Å²) in [6, 6.07) is 6.49. The molecule has 2 aliphatic rings. The van der Waals surface area contributed by atoms with Crippen molar-refractivity contribution in [3.05, 3.63) is 24.3 Å². The van der Waals surface area contributed by atoms with Gasteiger partial charge < -0.3 is 10.2 Å². The molecule has 1 aromatic rings. The fourth-order valence-corrected chi connectivity index (χ4v) is 5.53. The van der Waals surface area contributed by atoms with E-state index in [4.69, 9.17) is 0 Å². The van der Waals surface area contributed by atoms with Crippen LogP contribution in [0.15, 0.2) is 29.2 Å². The van der Waals surface area contributed by atoms with Crippen molar-refractivity contribution in [1.82, 2.24) is 4.31 Å². The summed E-state index contributed by atoms with van der Waals surface area (Å²) in [6.45, 7) is 5.25. The molecule has 0 unspecified atom stereocenters. The van der Waals surface area contributed by atoms with E-state index in [1.54, 1.807) is 28.6 Å². The predicted molar refractivity (Wildman–Crippen MR) is 106 cm³/mol. The van der Waals surface area contributed by atoms with Gasteiger partial charge in [-0.05, 0) is 69.7 Å². The summed E-state index contributed by atoms with van der Waals surface area (Å²) in [5.41, 5.74) is 0.652. The van der Waals surface area contributed by atoms with Crippen LogP contribution in [0.25, 0.3) is 0 Å². The Morgan fingerprint density at radius 1 is 0.963 bits per heavy atom. The molecule has 6 nitrogen and oxygen atoms in total. The molecule has 0 saturated carbocycles. The van der Waals surface area contributed by atoms with Crippen LogP contribution < -0.4 is 10.2 Å². The Morgan fingerprint density at radius 3 is 2.11 bits per heavy atom. The van der Waals surface area contributed by atoms with E-state index >= 15 is 0 Å². The number of nitrogens with zero attached hydrogens (tertiary/aromatic N) is 1. The molecule has 1 aromatic carbocycles. The Bertz CT molecular complexity index is 719. The maximum Gasteiger partial charge on any atom is 0.282 e. The number of rotatable bonds is 5. The number of nitrogens with one attached hydrogen (secondary N) is 2. The first kappa shape index (κ1) is 20.3. The minimum Gasteiger partial charge on any atom is -0.325 e. The topological polar surface area (TPSA) is 70.9 Å². The van der Waals surface area contributed by atoms with Crippen molar-refractivity contribution >= 4 is 21.6 Å². The van der Waals surface area contributed by atoms with Gasteiger partial charge in [-0.25, -0.2) is 8.42 Å². The van der Waals surface area contributed by atoms with Crippen LogP contribution in [0.2, 0.25) is 0 Å². The molecular weight excluding hydrogens is 362 g/mol. The monoisotopic (exact) mass is 394 g/mol. The lowest BCUT2D eigenvalue weighted by molar-refractivity contribution is -0.913. The number of likely N-dealkylation sites (tertiary alicyclic amines) is 1. The highest BCUT2D eigenvalue weighted by Crippen LogP contribution is 2.22. The molecule has 2 heterocycles. The van der Waals surface area contributed by atoms with Gasteiger partial charge in [0, 0.05) is 18.8 Å². The summed E-state index contributed by atoms with van der Waals surface area (Å²) in [4.78, 5) is 14.2. The molecule has 2 saturated heterocycles. The number of quaternary nitrogens is 1. The second-order valence-corrected chi connectivity index (χ2v) is 9.71. The summed E-state index contributed by atoms with van der Waals surface area (Å²) in [6.07, 6.45) is 7.80. The zero-order chi connectivity index (χ0) is 19.3. The van der Waals surface area contributed by atoms with Crippen LogP contribution in [0, 0.1) is 0 Å². The van der Waals surface area contributed by atoms with Crippen LogP contribution in [0.3, 0.4) is 0 Å². The molecule has 7 heteroatoms. The van der Waals surface area contributed by atoms with Gasteiger partial charge in [-0.1, -0.05) is 6.42 Å². The summed E-state index contributed by atoms with van der Waals surface area (Å²) >= 11 is 0. The highest BCUT2D eigenvalue weighted by atomic mass is 32.2. The Labute approximate surface area is 163 Å². The van der Waals surface area contributed by atoms with Crippen molar-refractivity contribution < 1.29 is 18.1 Å². The van der Waals surface area contributed by atoms with Crippen molar-refractivity contribution in [3.63, 3.8) is 0 Å². The van der Waals surface area contributed by atoms with Crippen LogP contribution >= 0.6 is 0 Å². The number of piperidine rings is 1. The molecule has 150 valence electrons. The number of hydrogen-bond donors (Lipinski definition) is 2. The minimum absolute atomic E-state index is 0.00135. The number of anilines is 1. The van der Waals surface area contributed by atoms with Crippen molar-refractivity contribution in [1.29, 1.82) is 0 Å². The molecule has 0 spiro atoms. The predicted octanol–water partition coefficient (Wildman–Crippen LogP) is 1.65. The molecule has 2 aliphatic heterocycles. The molecular formula is C20H32N3O3S+. The Hall–Kier alpha value is -1.44. The lowest BCUT2D eigenvalue weighted by atomic mass is 10.2. The maximum atomic E-state index is 12.7. The highest BCUT2D eigenvalue weighted by Gasteiger charge is 2.27. The molecule has 1 amide bonds. The van der Waals surface area contributed by atoms with Gasteiger partial charge in [0.2, 0.25) is 10.0 Å². The third-order valence-electron chi connectivity index (χ3n) is 5.83. The third kappa shape index (κ3) is 5.09. The van der Waals surface area contributed by atoms with Crippen molar-refractivity contribution in [2.45, 2.75) is 62.8 Å². The summed E-state index contributed by atoms with van der Waals surface area (Å²) in [5, 5.41) is 2.95.